The first-order valence-corrected chi connectivity index (χ1v) is 16.3. The molecule has 0 spiro atoms. The van der Waals surface area contributed by atoms with Crippen molar-refractivity contribution in [3.8, 4) is 11.1 Å². The van der Waals surface area contributed by atoms with Crippen LogP contribution in [0.2, 0.25) is 0 Å². The molecule has 1 aliphatic heterocycles. The fraction of sp³-hybridized carbons (Fsp3) is 0.576. The Morgan fingerprint density at radius 3 is 2.60 bits per heavy atom. The van der Waals surface area contributed by atoms with E-state index in [2.05, 4.69) is 23.2 Å². The van der Waals surface area contributed by atoms with Crippen molar-refractivity contribution in [3.05, 3.63) is 59.2 Å². The predicted molar refractivity (Wildman–Crippen MR) is 164 cm³/mol. The molecule has 2 aromatic rings. The minimum absolute atomic E-state index is 0.345. The van der Waals surface area contributed by atoms with Gasteiger partial charge in [-0.05, 0) is 90.8 Å². The maximum Gasteiger partial charge on any atom is 0.326 e. The van der Waals surface area contributed by atoms with Crippen LogP contribution in [-0.2, 0) is 16.1 Å². The standard InChI is InChI=1S/C33H46N2O4S/c1-23-17-27(22-39-21-25-10-5-4-6-11-25)35(19-23)20-26-13-14-29(30(18-26)28-12-8-7-9-24(28)2)32(36)34-31(33(37)38)15-16-40-3/h7-9,12-14,18,23,25,27,31H,4-6,10-11,15-17,19-22H2,1-3H3,(H,34,36)(H,37,38)/t23-,27-,31?/m0/s1. The number of carbonyl (C=O) groups excluding carboxylic acids is 1. The molecule has 1 heterocycles. The van der Waals surface area contributed by atoms with E-state index in [0.29, 0.717) is 29.7 Å². The van der Waals surface area contributed by atoms with Crippen LogP contribution in [0, 0.1) is 18.8 Å². The summed E-state index contributed by atoms with van der Waals surface area (Å²) in [6.07, 6.45) is 10.1. The number of carboxylic acids is 1. The number of rotatable bonds is 13. The summed E-state index contributed by atoms with van der Waals surface area (Å²) in [6.45, 7) is 7.86. The van der Waals surface area contributed by atoms with Crippen molar-refractivity contribution in [1.29, 1.82) is 0 Å². The number of carboxylic acid groups (broad SMARTS) is 1. The second-order valence-corrected chi connectivity index (χ2v) is 12.8. The Morgan fingerprint density at radius 2 is 1.88 bits per heavy atom. The van der Waals surface area contributed by atoms with Gasteiger partial charge in [0.05, 0.1) is 6.61 Å². The Bertz CT molecular complexity index is 1130. The molecule has 1 saturated heterocycles. The van der Waals surface area contributed by atoms with Gasteiger partial charge < -0.3 is 15.2 Å². The molecule has 2 aromatic carbocycles. The van der Waals surface area contributed by atoms with Crippen LogP contribution in [0.15, 0.2) is 42.5 Å². The minimum Gasteiger partial charge on any atom is -0.480 e. The molecule has 0 radical (unpaired) electrons. The van der Waals surface area contributed by atoms with Gasteiger partial charge in [-0.25, -0.2) is 4.79 Å². The maximum atomic E-state index is 13.4. The quantitative estimate of drug-likeness (QED) is 0.292. The number of hydrogen-bond acceptors (Lipinski definition) is 5. The van der Waals surface area contributed by atoms with E-state index in [1.165, 1.54) is 32.1 Å². The third-order valence-electron chi connectivity index (χ3n) is 8.49. The highest BCUT2D eigenvalue weighted by atomic mass is 32.2. The van der Waals surface area contributed by atoms with E-state index < -0.39 is 12.0 Å². The lowest BCUT2D eigenvalue weighted by molar-refractivity contribution is -0.139. The Morgan fingerprint density at radius 1 is 1.10 bits per heavy atom. The van der Waals surface area contributed by atoms with Gasteiger partial charge in [-0.3, -0.25) is 9.69 Å². The highest BCUT2D eigenvalue weighted by Crippen LogP contribution is 2.31. The van der Waals surface area contributed by atoms with E-state index in [1.807, 2.05) is 49.6 Å². The van der Waals surface area contributed by atoms with Gasteiger partial charge in [0.2, 0.25) is 0 Å². The summed E-state index contributed by atoms with van der Waals surface area (Å²) in [5.41, 5.74) is 4.58. The van der Waals surface area contributed by atoms with Gasteiger partial charge in [0, 0.05) is 31.3 Å². The van der Waals surface area contributed by atoms with Gasteiger partial charge >= 0.3 is 5.97 Å². The number of amides is 1. The number of carbonyl (C=O) groups is 2. The number of nitrogens with zero attached hydrogens (tertiary/aromatic N) is 1. The molecule has 1 saturated carbocycles. The number of thioether (sulfide) groups is 1. The van der Waals surface area contributed by atoms with Crippen LogP contribution < -0.4 is 5.32 Å². The van der Waals surface area contributed by atoms with Crippen molar-refractivity contribution in [2.24, 2.45) is 11.8 Å². The maximum absolute atomic E-state index is 13.4. The molecular weight excluding hydrogens is 520 g/mol. The summed E-state index contributed by atoms with van der Waals surface area (Å²) < 4.78 is 6.27. The Kier molecular flexibility index (Phi) is 11.5. The van der Waals surface area contributed by atoms with E-state index in [0.717, 1.165) is 60.9 Å². The fourth-order valence-electron chi connectivity index (χ4n) is 6.28. The molecule has 2 fully saturated rings. The molecule has 2 N–H and O–H groups in total. The molecule has 1 unspecified atom stereocenters. The SMILES string of the molecule is CSCCC(NC(=O)c1ccc(CN2C[C@@H](C)C[C@H]2COCC2CCCCC2)cc1-c1ccccc1C)C(=O)O. The van der Waals surface area contributed by atoms with E-state index in [4.69, 9.17) is 4.74 Å². The fourth-order valence-corrected chi connectivity index (χ4v) is 6.75. The average Bonchev–Trinajstić information content (AvgIpc) is 3.29. The van der Waals surface area contributed by atoms with Crippen LogP contribution in [0.4, 0.5) is 0 Å². The first-order valence-electron chi connectivity index (χ1n) is 14.9. The van der Waals surface area contributed by atoms with Crippen molar-refractivity contribution in [3.63, 3.8) is 0 Å². The summed E-state index contributed by atoms with van der Waals surface area (Å²) in [5.74, 6) is 0.662. The van der Waals surface area contributed by atoms with Crippen molar-refractivity contribution < 1.29 is 19.4 Å². The van der Waals surface area contributed by atoms with Crippen LogP contribution >= 0.6 is 11.8 Å². The lowest BCUT2D eigenvalue weighted by atomic mass is 9.90. The number of aryl methyl sites for hydroxylation is 1. The van der Waals surface area contributed by atoms with Crippen LogP contribution in [0.5, 0.6) is 0 Å². The topological polar surface area (TPSA) is 78.9 Å². The molecule has 0 bridgehead atoms. The van der Waals surface area contributed by atoms with Crippen molar-refractivity contribution in [2.45, 2.75) is 77.4 Å². The smallest absolute Gasteiger partial charge is 0.326 e. The first-order chi connectivity index (χ1) is 19.4. The molecule has 7 heteroatoms. The van der Waals surface area contributed by atoms with Crippen molar-refractivity contribution in [1.82, 2.24) is 10.2 Å². The Hall–Kier alpha value is -2.35. The second-order valence-electron chi connectivity index (χ2n) is 11.8. The van der Waals surface area contributed by atoms with Crippen LogP contribution in [0.3, 0.4) is 0 Å². The highest BCUT2D eigenvalue weighted by Gasteiger charge is 2.30. The normalized spacial score (nSPS) is 20.9. The molecule has 0 aromatic heterocycles. The third-order valence-corrected chi connectivity index (χ3v) is 9.13. The number of benzene rings is 2. The largest absolute Gasteiger partial charge is 0.480 e. The molecule has 1 amide bonds. The van der Waals surface area contributed by atoms with Crippen LogP contribution in [0.25, 0.3) is 11.1 Å². The highest BCUT2D eigenvalue weighted by molar-refractivity contribution is 7.98. The zero-order valence-corrected chi connectivity index (χ0v) is 25.2. The van der Waals surface area contributed by atoms with E-state index in [1.54, 1.807) is 11.8 Å². The second kappa shape index (κ2) is 15.0. The lowest BCUT2D eigenvalue weighted by Gasteiger charge is -2.27. The van der Waals surface area contributed by atoms with Gasteiger partial charge in [-0.2, -0.15) is 11.8 Å². The molecule has 6 nitrogen and oxygen atoms in total. The van der Waals surface area contributed by atoms with E-state index in [9.17, 15) is 14.7 Å². The zero-order valence-electron chi connectivity index (χ0n) is 24.4. The summed E-state index contributed by atoms with van der Waals surface area (Å²) in [6, 6.07) is 13.6. The lowest BCUT2D eigenvalue weighted by Crippen LogP contribution is -2.41. The monoisotopic (exact) mass is 566 g/mol. The Balaban J connectivity index is 1.51. The van der Waals surface area contributed by atoms with E-state index >= 15 is 0 Å². The number of ether oxygens (including phenoxy) is 1. The zero-order chi connectivity index (χ0) is 28.5. The van der Waals surface area contributed by atoms with Crippen molar-refractivity contribution in [2.75, 3.05) is 31.8 Å². The van der Waals surface area contributed by atoms with Gasteiger partial charge in [-0.1, -0.05) is 56.5 Å². The summed E-state index contributed by atoms with van der Waals surface area (Å²) in [5, 5.41) is 12.4. The van der Waals surface area contributed by atoms with Gasteiger partial charge in [-0.15, -0.1) is 0 Å². The molecule has 3 atom stereocenters. The molecule has 40 heavy (non-hydrogen) atoms. The van der Waals surface area contributed by atoms with Crippen molar-refractivity contribution >= 4 is 23.6 Å². The van der Waals surface area contributed by atoms with Gasteiger partial charge in [0.25, 0.3) is 5.91 Å². The average molecular weight is 567 g/mol. The molecule has 4 rings (SSSR count). The number of likely N-dealkylation sites (tertiary alicyclic amines) is 1. The number of nitrogens with one attached hydrogen (secondary N) is 1. The van der Waals surface area contributed by atoms with E-state index in [-0.39, 0.29) is 5.91 Å². The molecule has 218 valence electrons. The number of hydrogen-bond donors (Lipinski definition) is 2. The number of aliphatic carboxylic acids is 1. The molecule has 1 aliphatic carbocycles. The van der Waals surface area contributed by atoms with Gasteiger partial charge in [0.15, 0.2) is 0 Å². The van der Waals surface area contributed by atoms with Gasteiger partial charge in [0.1, 0.15) is 6.04 Å². The third kappa shape index (κ3) is 8.34. The van der Waals surface area contributed by atoms with Crippen LogP contribution in [0.1, 0.15) is 73.4 Å². The summed E-state index contributed by atoms with van der Waals surface area (Å²) >= 11 is 1.57. The molecular formula is C33H46N2O4S. The Labute approximate surface area is 244 Å². The summed E-state index contributed by atoms with van der Waals surface area (Å²) in [4.78, 5) is 27.8. The minimum atomic E-state index is -1.00. The molecule has 2 aliphatic rings. The van der Waals surface area contributed by atoms with Crippen LogP contribution in [-0.4, -0.2) is 65.7 Å². The predicted octanol–water partition coefficient (Wildman–Crippen LogP) is 6.41. The summed E-state index contributed by atoms with van der Waals surface area (Å²) in [7, 11) is 0. The first kappa shape index (κ1) is 30.6.